The molecule has 0 bridgehead atoms. The van der Waals surface area contributed by atoms with E-state index >= 15 is 0 Å². The first kappa shape index (κ1) is 11.5. The molecule has 1 aliphatic rings. The Morgan fingerprint density at radius 3 is 2.81 bits per heavy atom. The lowest BCUT2D eigenvalue weighted by Gasteiger charge is -2.26. The molecule has 0 atom stereocenters. The first-order valence-corrected chi connectivity index (χ1v) is 5.91. The van der Waals surface area contributed by atoms with Gasteiger partial charge >= 0.3 is 0 Å². The van der Waals surface area contributed by atoms with E-state index in [1.165, 1.54) is 12.8 Å². The molecular formula is C11H20N4O. The highest BCUT2D eigenvalue weighted by atomic mass is 16.3. The summed E-state index contributed by atoms with van der Waals surface area (Å²) in [6, 6.07) is 0. The van der Waals surface area contributed by atoms with Crippen molar-refractivity contribution in [1.29, 1.82) is 0 Å². The molecule has 0 saturated heterocycles. The van der Waals surface area contributed by atoms with Crippen LogP contribution in [0.1, 0.15) is 31.4 Å². The zero-order chi connectivity index (χ0) is 11.4. The van der Waals surface area contributed by atoms with Crippen molar-refractivity contribution in [3.63, 3.8) is 0 Å². The van der Waals surface area contributed by atoms with Crippen LogP contribution in [0.3, 0.4) is 0 Å². The van der Waals surface area contributed by atoms with E-state index in [1.54, 1.807) is 4.68 Å². The van der Waals surface area contributed by atoms with Crippen LogP contribution in [0.5, 0.6) is 0 Å². The van der Waals surface area contributed by atoms with Gasteiger partial charge in [-0.1, -0.05) is 18.1 Å². The number of rotatable bonds is 5. The lowest BCUT2D eigenvalue weighted by atomic mass is 9.87. The Hall–Kier alpha value is -0.940. The van der Waals surface area contributed by atoms with E-state index in [4.69, 9.17) is 0 Å². The van der Waals surface area contributed by atoms with Gasteiger partial charge in [0, 0.05) is 38.4 Å². The summed E-state index contributed by atoms with van der Waals surface area (Å²) >= 11 is 0. The number of aromatic nitrogens is 3. The predicted molar refractivity (Wildman–Crippen MR) is 60.7 cm³/mol. The van der Waals surface area contributed by atoms with Crippen LogP contribution in [-0.2, 0) is 13.6 Å². The topological polar surface area (TPSA) is 63.0 Å². The summed E-state index contributed by atoms with van der Waals surface area (Å²) < 4.78 is 1.70. The molecule has 1 aromatic rings. The van der Waals surface area contributed by atoms with Crippen LogP contribution in [0.2, 0.25) is 0 Å². The molecule has 0 aromatic carbocycles. The summed E-state index contributed by atoms with van der Waals surface area (Å²) in [5.41, 5.74) is 1.07. The fourth-order valence-corrected chi connectivity index (χ4v) is 2.45. The largest absolute Gasteiger partial charge is 0.396 e. The van der Waals surface area contributed by atoms with Crippen LogP contribution in [0.15, 0.2) is 6.20 Å². The van der Waals surface area contributed by atoms with Gasteiger partial charge in [-0.15, -0.1) is 5.10 Å². The van der Waals surface area contributed by atoms with Crippen molar-refractivity contribution in [2.24, 2.45) is 12.5 Å². The standard InChI is InChI=1S/C11H20N4O/c1-15-7-10(13-14-15)6-12-8-11(9-16)4-2-3-5-11/h7,12,16H,2-6,8-9H2,1H3. The molecule has 1 fully saturated rings. The minimum atomic E-state index is 0.113. The van der Waals surface area contributed by atoms with E-state index in [0.29, 0.717) is 6.61 Å². The van der Waals surface area contributed by atoms with Crippen molar-refractivity contribution in [3.8, 4) is 0 Å². The van der Waals surface area contributed by atoms with Gasteiger partial charge in [0.2, 0.25) is 0 Å². The summed E-state index contributed by atoms with van der Waals surface area (Å²) in [4.78, 5) is 0. The number of aliphatic hydroxyl groups excluding tert-OH is 1. The average Bonchev–Trinajstić information content (AvgIpc) is 2.89. The van der Waals surface area contributed by atoms with E-state index in [2.05, 4.69) is 15.6 Å². The highest BCUT2D eigenvalue weighted by Crippen LogP contribution is 2.36. The zero-order valence-electron chi connectivity index (χ0n) is 9.82. The fraction of sp³-hybridized carbons (Fsp3) is 0.818. The molecule has 0 amide bonds. The van der Waals surface area contributed by atoms with Crippen molar-refractivity contribution >= 4 is 0 Å². The maximum absolute atomic E-state index is 9.45. The van der Waals surface area contributed by atoms with Crippen LogP contribution in [0, 0.1) is 5.41 Å². The number of hydrogen-bond donors (Lipinski definition) is 2. The van der Waals surface area contributed by atoms with Gasteiger partial charge in [0.25, 0.3) is 0 Å². The Balaban J connectivity index is 1.78. The second kappa shape index (κ2) is 4.93. The van der Waals surface area contributed by atoms with Crippen molar-refractivity contribution in [1.82, 2.24) is 20.3 Å². The lowest BCUT2D eigenvalue weighted by molar-refractivity contribution is 0.128. The van der Waals surface area contributed by atoms with Gasteiger partial charge in [-0.05, 0) is 12.8 Å². The van der Waals surface area contributed by atoms with Crippen LogP contribution < -0.4 is 5.32 Å². The van der Waals surface area contributed by atoms with E-state index in [9.17, 15) is 5.11 Å². The molecule has 0 unspecified atom stereocenters. The second-order valence-corrected chi connectivity index (χ2v) is 4.85. The average molecular weight is 224 g/mol. The molecule has 1 aromatic heterocycles. The molecule has 1 saturated carbocycles. The SMILES string of the molecule is Cn1cc(CNCC2(CO)CCCC2)nn1. The van der Waals surface area contributed by atoms with Gasteiger partial charge in [-0.25, -0.2) is 0 Å². The smallest absolute Gasteiger partial charge is 0.0964 e. The summed E-state index contributed by atoms with van der Waals surface area (Å²) in [6.07, 6.45) is 6.67. The van der Waals surface area contributed by atoms with Crippen LogP contribution in [0.4, 0.5) is 0 Å². The Kier molecular flexibility index (Phi) is 3.56. The Morgan fingerprint density at radius 2 is 2.25 bits per heavy atom. The molecule has 5 heteroatoms. The number of nitrogens with zero attached hydrogens (tertiary/aromatic N) is 3. The molecule has 0 aliphatic heterocycles. The third kappa shape index (κ3) is 2.59. The third-order valence-electron chi connectivity index (χ3n) is 3.46. The molecule has 1 heterocycles. The number of aryl methyl sites for hydroxylation is 1. The quantitative estimate of drug-likeness (QED) is 0.762. The van der Waals surface area contributed by atoms with Gasteiger partial charge in [-0.2, -0.15) is 0 Å². The summed E-state index contributed by atoms with van der Waals surface area (Å²) in [5, 5.41) is 20.7. The lowest BCUT2D eigenvalue weighted by Crippen LogP contribution is -2.34. The molecule has 5 nitrogen and oxygen atoms in total. The zero-order valence-corrected chi connectivity index (χ0v) is 9.82. The van der Waals surface area contributed by atoms with Crippen molar-refractivity contribution in [2.45, 2.75) is 32.2 Å². The predicted octanol–water partition coefficient (Wildman–Crippen LogP) is 0.457. The van der Waals surface area contributed by atoms with E-state index in [1.807, 2.05) is 13.2 Å². The van der Waals surface area contributed by atoms with Crippen LogP contribution >= 0.6 is 0 Å². The van der Waals surface area contributed by atoms with E-state index < -0.39 is 0 Å². The van der Waals surface area contributed by atoms with Gasteiger partial charge in [-0.3, -0.25) is 4.68 Å². The van der Waals surface area contributed by atoms with Crippen LogP contribution in [0.25, 0.3) is 0 Å². The fourth-order valence-electron chi connectivity index (χ4n) is 2.45. The number of nitrogens with one attached hydrogen (secondary N) is 1. The molecule has 1 aliphatic carbocycles. The maximum Gasteiger partial charge on any atom is 0.0964 e. The van der Waals surface area contributed by atoms with E-state index in [0.717, 1.165) is 31.6 Å². The maximum atomic E-state index is 9.45. The second-order valence-electron chi connectivity index (χ2n) is 4.85. The van der Waals surface area contributed by atoms with Crippen molar-refractivity contribution in [2.75, 3.05) is 13.2 Å². The molecule has 16 heavy (non-hydrogen) atoms. The highest BCUT2D eigenvalue weighted by molar-refractivity contribution is 4.92. The molecule has 0 spiro atoms. The summed E-state index contributed by atoms with van der Waals surface area (Å²) in [6.45, 7) is 1.90. The molecule has 2 rings (SSSR count). The van der Waals surface area contributed by atoms with Gasteiger partial charge < -0.3 is 10.4 Å². The number of hydrogen-bond acceptors (Lipinski definition) is 4. The Bertz CT molecular complexity index is 330. The molecule has 0 radical (unpaired) electrons. The molecular weight excluding hydrogens is 204 g/mol. The van der Waals surface area contributed by atoms with Gasteiger partial charge in [0.05, 0.1) is 5.69 Å². The number of aliphatic hydroxyl groups is 1. The summed E-state index contributed by atoms with van der Waals surface area (Å²) in [5.74, 6) is 0. The van der Waals surface area contributed by atoms with Crippen molar-refractivity contribution < 1.29 is 5.11 Å². The molecule has 90 valence electrons. The first-order chi connectivity index (χ1) is 7.74. The van der Waals surface area contributed by atoms with Crippen LogP contribution in [-0.4, -0.2) is 33.3 Å². The monoisotopic (exact) mass is 224 g/mol. The van der Waals surface area contributed by atoms with Gasteiger partial charge in [0.1, 0.15) is 0 Å². The third-order valence-corrected chi connectivity index (χ3v) is 3.46. The Morgan fingerprint density at radius 1 is 1.50 bits per heavy atom. The minimum absolute atomic E-state index is 0.113. The molecule has 2 N–H and O–H groups in total. The van der Waals surface area contributed by atoms with Crippen molar-refractivity contribution in [3.05, 3.63) is 11.9 Å². The van der Waals surface area contributed by atoms with E-state index in [-0.39, 0.29) is 5.41 Å². The van der Waals surface area contributed by atoms with Gasteiger partial charge in [0.15, 0.2) is 0 Å². The normalized spacial score (nSPS) is 19.1. The highest BCUT2D eigenvalue weighted by Gasteiger charge is 2.32. The first-order valence-electron chi connectivity index (χ1n) is 5.91. The minimum Gasteiger partial charge on any atom is -0.396 e. The summed E-state index contributed by atoms with van der Waals surface area (Å²) in [7, 11) is 1.86. The Labute approximate surface area is 95.8 Å².